The van der Waals surface area contributed by atoms with Crippen LogP contribution >= 0.6 is 11.3 Å². The van der Waals surface area contributed by atoms with Crippen LogP contribution in [0.5, 0.6) is 0 Å². The van der Waals surface area contributed by atoms with Gasteiger partial charge in [-0.05, 0) is 11.3 Å². The van der Waals surface area contributed by atoms with E-state index in [4.69, 9.17) is 0 Å². The predicted octanol–water partition coefficient (Wildman–Crippen LogP) is 0.163. The van der Waals surface area contributed by atoms with E-state index in [1.807, 2.05) is 0 Å². The molecule has 0 atom stereocenters. The molecule has 0 fully saturated rings. The molecule has 0 aliphatic carbocycles. The summed E-state index contributed by atoms with van der Waals surface area (Å²) in [7, 11) is 0. The van der Waals surface area contributed by atoms with Gasteiger partial charge in [-0.25, -0.2) is 8.80 Å². The minimum Gasteiger partial charge on any atom is -0.289 e. The van der Waals surface area contributed by atoms with Crippen molar-refractivity contribution in [3.63, 3.8) is 0 Å². The minimum atomic E-state index is -0.985. The van der Waals surface area contributed by atoms with Crippen molar-refractivity contribution in [3.8, 4) is 0 Å². The standard InChI is InChI=1S/C3H4N2OS/c6-3-7-4-1-2-5-7/h1-3,7H. The molecule has 0 saturated carbocycles. The van der Waals surface area contributed by atoms with E-state index >= 15 is 0 Å². The van der Waals surface area contributed by atoms with Gasteiger partial charge in [-0.1, -0.05) is 0 Å². The van der Waals surface area contributed by atoms with Crippen LogP contribution in [-0.2, 0) is 4.79 Å². The highest BCUT2D eigenvalue weighted by Gasteiger charge is 1.93. The van der Waals surface area contributed by atoms with Gasteiger partial charge in [0.2, 0.25) is 0 Å². The number of carbonyl (C=O) groups excluding carboxylic acids is 1. The van der Waals surface area contributed by atoms with Gasteiger partial charge in [-0.3, -0.25) is 4.79 Å². The monoisotopic (exact) mass is 116 g/mol. The second-order valence-electron chi connectivity index (χ2n) is 0.955. The zero-order valence-electron chi connectivity index (χ0n) is 3.48. The van der Waals surface area contributed by atoms with E-state index in [9.17, 15) is 4.79 Å². The Hall–Kier alpha value is -0.640. The molecule has 0 spiro atoms. The molecule has 3 nitrogen and oxygen atoms in total. The first-order chi connectivity index (χ1) is 3.43. The number of carbonyl (C=O) groups is 1. The van der Waals surface area contributed by atoms with Gasteiger partial charge in [-0.2, -0.15) is 0 Å². The highest BCUT2D eigenvalue weighted by molar-refractivity contribution is 8.26. The molecule has 1 rings (SSSR count). The fraction of sp³-hybridized carbons (Fsp3) is 0. The molecular formula is C3H4N2OS. The maximum Gasteiger partial charge on any atom is 0.194 e. The smallest absolute Gasteiger partial charge is 0.194 e. The molecule has 0 unspecified atom stereocenters. The highest BCUT2D eigenvalue weighted by Crippen LogP contribution is 2.24. The van der Waals surface area contributed by atoms with Crippen molar-refractivity contribution in [2.24, 2.45) is 8.80 Å². The van der Waals surface area contributed by atoms with Crippen LogP contribution in [0.3, 0.4) is 0 Å². The second kappa shape index (κ2) is 1.88. The van der Waals surface area contributed by atoms with Gasteiger partial charge in [0.15, 0.2) is 5.62 Å². The molecule has 0 aromatic carbocycles. The molecular weight excluding hydrogens is 112 g/mol. The van der Waals surface area contributed by atoms with Gasteiger partial charge < -0.3 is 0 Å². The first-order valence-electron chi connectivity index (χ1n) is 1.74. The SMILES string of the molecule is O=C[SH]1N=CC=N1. The lowest BCUT2D eigenvalue weighted by Crippen LogP contribution is -1.61. The molecule has 0 N–H and O–H groups in total. The summed E-state index contributed by atoms with van der Waals surface area (Å²) in [5, 5.41) is 0. The van der Waals surface area contributed by atoms with Gasteiger partial charge in [-0.15, -0.1) is 0 Å². The summed E-state index contributed by atoms with van der Waals surface area (Å²) >= 11 is -0.985. The van der Waals surface area contributed by atoms with Crippen LogP contribution in [0.2, 0.25) is 0 Å². The Bertz CT molecular complexity index is 119. The largest absolute Gasteiger partial charge is 0.289 e. The highest BCUT2D eigenvalue weighted by atomic mass is 32.2. The lowest BCUT2D eigenvalue weighted by atomic mass is 10.9. The fourth-order valence-corrected chi connectivity index (χ4v) is 0.841. The summed E-state index contributed by atoms with van der Waals surface area (Å²) in [6.45, 7) is 0. The molecule has 1 aliphatic rings. The average Bonchev–Trinajstić information content (AvgIpc) is 2.14. The molecule has 7 heavy (non-hydrogen) atoms. The summed E-state index contributed by atoms with van der Waals surface area (Å²) < 4.78 is 7.41. The van der Waals surface area contributed by atoms with Crippen molar-refractivity contribution in [3.05, 3.63) is 0 Å². The predicted molar refractivity (Wildman–Crippen MR) is 32.7 cm³/mol. The van der Waals surface area contributed by atoms with Crippen molar-refractivity contribution < 1.29 is 4.79 Å². The molecule has 0 aromatic heterocycles. The van der Waals surface area contributed by atoms with Crippen LogP contribution in [-0.4, -0.2) is 18.0 Å². The molecule has 0 bridgehead atoms. The molecule has 0 radical (unpaired) electrons. The summed E-state index contributed by atoms with van der Waals surface area (Å²) in [4.78, 5) is 9.81. The number of nitrogens with zero attached hydrogens (tertiary/aromatic N) is 2. The summed E-state index contributed by atoms with van der Waals surface area (Å²) in [6.07, 6.45) is 3.08. The Morgan fingerprint density at radius 1 is 1.43 bits per heavy atom. The lowest BCUT2D eigenvalue weighted by molar-refractivity contribution is 0.569. The first kappa shape index (κ1) is 4.52. The molecule has 38 valence electrons. The van der Waals surface area contributed by atoms with Crippen molar-refractivity contribution in [2.75, 3.05) is 0 Å². The van der Waals surface area contributed by atoms with Crippen LogP contribution in [0.15, 0.2) is 8.80 Å². The Morgan fingerprint density at radius 3 is 2.29 bits per heavy atom. The molecule has 1 aliphatic heterocycles. The van der Waals surface area contributed by atoms with Crippen molar-refractivity contribution >= 4 is 29.3 Å². The normalized spacial score (nSPS) is 20.9. The Balaban J connectivity index is 2.59. The zero-order chi connectivity index (χ0) is 5.11. The summed E-state index contributed by atoms with van der Waals surface area (Å²) in [5.74, 6) is 0. The van der Waals surface area contributed by atoms with Gasteiger partial charge in [0, 0.05) is 0 Å². The van der Waals surface area contributed by atoms with Crippen molar-refractivity contribution in [2.45, 2.75) is 0 Å². The molecule has 0 saturated heterocycles. The van der Waals surface area contributed by atoms with E-state index < -0.39 is 11.3 Å². The number of rotatable bonds is 1. The molecule has 0 amide bonds. The Morgan fingerprint density at radius 2 is 2.00 bits per heavy atom. The number of thiol groups is 1. The third-order valence-electron chi connectivity index (χ3n) is 0.531. The maximum absolute atomic E-state index is 9.81. The third-order valence-corrected chi connectivity index (χ3v) is 1.46. The topological polar surface area (TPSA) is 41.8 Å². The molecule has 0 aromatic rings. The van der Waals surface area contributed by atoms with E-state index in [-0.39, 0.29) is 0 Å². The van der Waals surface area contributed by atoms with E-state index in [1.165, 1.54) is 0 Å². The minimum absolute atomic E-state index is 0.759. The van der Waals surface area contributed by atoms with Crippen LogP contribution < -0.4 is 0 Å². The fourth-order valence-electron chi connectivity index (χ4n) is 0.280. The van der Waals surface area contributed by atoms with E-state index in [1.54, 1.807) is 12.4 Å². The third kappa shape index (κ3) is 0.866. The van der Waals surface area contributed by atoms with E-state index in [0.717, 1.165) is 5.62 Å². The summed E-state index contributed by atoms with van der Waals surface area (Å²) in [5.41, 5.74) is 0.759. The van der Waals surface area contributed by atoms with Crippen LogP contribution in [0.25, 0.3) is 0 Å². The van der Waals surface area contributed by atoms with Crippen LogP contribution in [0, 0.1) is 0 Å². The number of hydrogen-bond acceptors (Lipinski definition) is 3. The van der Waals surface area contributed by atoms with E-state index in [2.05, 4.69) is 8.80 Å². The Labute approximate surface area is 43.8 Å². The summed E-state index contributed by atoms with van der Waals surface area (Å²) in [6, 6.07) is 0. The Kier molecular flexibility index (Phi) is 1.21. The zero-order valence-corrected chi connectivity index (χ0v) is 4.38. The van der Waals surface area contributed by atoms with Gasteiger partial charge in [0.25, 0.3) is 0 Å². The number of hydrogen-bond donors (Lipinski definition) is 1. The van der Waals surface area contributed by atoms with Crippen LogP contribution in [0.4, 0.5) is 0 Å². The van der Waals surface area contributed by atoms with Crippen molar-refractivity contribution in [1.82, 2.24) is 0 Å². The molecule has 1 heterocycles. The van der Waals surface area contributed by atoms with Gasteiger partial charge >= 0.3 is 0 Å². The quantitative estimate of drug-likeness (QED) is 0.385. The van der Waals surface area contributed by atoms with Gasteiger partial charge in [0.1, 0.15) is 0 Å². The maximum atomic E-state index is 9.81. The second-order valence-corrected chi connectivity index (χ2v) is 2.27. The average molecular weight is 116 g/mol. The molecule has 4 heteroatoms. The van der Waals surface area contributed by atoms with Crippen molar-refractivity contribution in [1.29, 1.82) is 0 Å². The first-order valence-corrected chi connectivity index (χ1v) is 3.06. The van der Waals surface area contributed by atoms with E-state index in [0.29, 0.717) is 0 Å². The van der Waals surface area contributed by atoms with Crippen LogP contribution in [0.1, 0.15) is 0 Å². The lowest BCUT2D eigenvalue weighted by Gasteiger charge is -1.89. The van der Waals surface area contributed by atoms with Gasteiger partial charge in [0.05, 0.1) is 12.4 Å².